The summed E-state index contributed by atoms with van der Waals surface area (Å²) < 4.78 is 29.3. The van der Waals surface area contributed by atoms with E-state index in [1.54, 1.807) is 47.7 Å². The van der Waals surface area contributed by atoms with E-state index >= 15 is 0 Å². The zero-order valence-electron chi connectivity index (χ0n) is 14.5. The Hall–Kier alpha value is -2.49. The molecule has 138 valence electrons. The number of thiazole rings is 1. The van der Waals surface area contributed by atoms with Gasteiger partial charge in [0.25, 0.3) is 15.6 Å². The molecular weight excluding hydrogens is 402 g/mol. The van der Waals surface area contributed by atoms with Gasteiger partial charge in [-0.25, -0.2) is 13.4 Å². The summed E-state index contributed by atoms with van der Waals surface area (Å²) in [6, 6.07) is 11.8. The lowest BCUT2D eigenvalue weighted by molar-refractivity contribution is 0.603. The van der Waals surface area contributed by atoms with Gasteiger partial charge in [0.15, 0.2) is 4.96 Å². The maximum absolute atomic E-state index is 12.4. The van der Waals surface area contributed by atoms with Gasteiger partial charge in [0, 0.05) is 27.7 Å². The van der Waals surface area contributed by atoms with E-state index in [1.807, 2.05) is 12.3 Å². The fourth-order valence-electron chi connectivity index (χ4n) is 2.70. The molecule has 0 aliphatic heterocycles. The van der Waals surface area contributed by atoms with E-state index < -0.39 is 10.0 Å². The predicted molar refractivity (Wildman–Crippen MR) is 109 cm³/mol. The third-order valence-corrected chi connectivity index (χ3v) is 7.65. The van der Waals surface area contributed by atoms with Crippen LogP contribution in [0.5, 0.6) is 0 Å². The van der Waals surface area contributed by atoms with Gasteiger partial charge in [0.05, 0.1) is 5.69 Å². The molecule has 0 amide bonds. The molecule has 0 unspecified atom stereocenters. The highest BCUT2D eigenvalue weighted by atomic mass is 32.2. The van der Waals surface area contributed by atoms with Crippen LogP contribution in [0.4, 0.5) is 5.69 Å². The second-order valence-electron chi connectivity index (χ2n) is 6.02. The summed E-state index contributed by atoms with van der Waals surface area (Å²) in [5.41, 5.74) is 2.55. The Balaban J connectivity index is 1.66. The Labute approximate surface area is 163 Å². The number of fused-ring (bicyclic) bond motifs is 1. The average molecular weight is 418 g/mol. The van der Waals surface area contributed by atoms with Crippen molar-refractivity contribution in [2.75, 3.05) is 4.72 Å². The minimum absolute atomic E-state index is 0.133. The topological polar surface area (TPSA) is 80.5 Å². The maximum Gasteiger partial charge on any atom is 0.271 e. The summed E-state index contributed by atoms with van der Waals surface area (Å²) >= 11 is 2.62. The van der Waals surface area contributed by atoms with E-state index in [2.05, 4.69) is 9.71 Å². The molecule has 0 saturated carbocycles. The number of aryl methyl sites for hydroxylation is 2. The lowest BCUT2D eigenvalue weighted by atomic mass is 10.1. The fourth-order valence-corrected chi connectivity index (χ4v) is 5.99. The molecule has 4 rings (SSSR count). The van der Waals surface area contributed by atoms with Crippen molar-refractivity contribution in [3.8, 4) is 11.3 Å². The highest BCUT2D eigenvalue weighted by molar-refractivity contribution is 7.94. The van der Waals surface area contributed by atoms with E-state index in [9.17, 15) is 13.2 Å². The third kappa shape index (κ3) is 3.41. The first-order valence-corrected chi connectivity index (χ1v) is 11.2. The second-order valence-corrected chi connectivity index (χ2v) is 10.1. The summed E-state index contributed by atoms with van der Waals surface area (Å²) in [7, 11) is -3.60. The van der Waals surface area contributed by atoms with Crippen molar-refractivity contribution >= 4 is 43.3 Å². The molecule has 0 fully saturated rings. The van der Waals surface area contributed by atoms with Gasteiger partial charge >= 0.3 is 0 Å². The van der Waals surface area contributed by atoms with Gasteiger partial charge in [-0.05, 0) is 43.7 Å². The Kier molecular flexibility index (Phi) is 4.37. The minimum atomic E-state index is -3.60. The molecule has 3 aromatic heterocycles. The molecule has 0 bridgehead atoms. The minimum Gasteiger partial charge on any atom is -0.279 e. The van der Waals surface area contributed by atoms with Crippen LogP contribution in [0.2, 0.25) is 0 Å². The molecule has 27 heavy (non-hydrogen) atoms. The van der Waals surface area contributed by atoms with Crippen molar-refractivity contribution in [3.63, 3.8) is 0 Å². The first-order chi connectivity index (χ1) is 12.8. The van der Waals surface area contributed by atoms with Crippen molar-refractivity contribution in [1.29, 1.82) is 0 Å². The van der Waals surface area contributed by atoms with Crippen LogP contribution in [-0.4, -0.2) is 17.8 Å². The van der Waals surface area contributed by atoms with Crippen LogP contribution in [-0.2, 0) is 10.0 Å². The van der Waals surface area contributed by atoms with Crippen LogP contribution in [0.15, 0.2) is 56.8 Å². The Bertz CT molecular complexity index is 1300. The summed E-state index contributed by atoms with van der Waals surface area (Å²) in [5, 5.41) is 1.87. The van der Waals surface area contributed by atoms with Gasteiger partial charge < -0.3 is 0 Å². The Morgan fingerprint density at radius 1 is 1.07 bits per heavy atom. The summed E-state index contributed by atoms with van der Waals surface area (Å²) in [5.74, 6) is 0. The summed E-state index contributed by atoms with van der Waals surface area (Å²) in [6.45, 7) is 3.65. The number of hydrogen-bond donors (Lipinski definition) is 1. The molecule has 4 aromatic rings. The van der Waals surface area contributed by atoms with Gasteiger partial charge in [-0.2, -0.15) is 0 Å². The predicted octanol–water partition coefficient (Wildman–Crippen LogP) is 3.90. The standard InChI is InChI=1S/C18H15N3O3S3/c1-11-9-16(22)21-15(10-25-18(21)19-11)13-4-6-14(7-5-13)20-27(23,24)17-8-3-12(2)26-17/h3-10,20H,1-2H3. The van der Waals surface area contributed by atoms with Crippen LogP contribution in [0.1, 0.15) is 10.6 Å². The second kappa shape index (κ2) is 6.59. The van der Waals surface area contributed by atoms with E-state index in [-0.39, 0.29) is 9.77 Å². The van der Waals surface area contributed by atoms with Gasteiger partial charge in [-0.15, -0.1) is 22.7 Å². The number of aromatic nitrogens is 2. The normalized spacial score (nSPS) is 11.8. The molecule has 0 aliphatic carbocycles. The zero-order valence-corrected chi connectivity index (χ0v) is 16.9. The SMILES string of the molecule is Cc1cc(=O)n2c(-c3ccc(NS(=O)(=O)c4ccc(C)s4)cc3)csc2n1. The molecule has 1 aromatic carbocycles. The van der Waals surface area contributed by atoms with E-state index in [0.717, 1.165) is 16.1 Å². The van der Waals surface area contributed by atoms with Crippen LogP contribution in [0, 0.1) is 13.8 Å². The maximum atomic E-state index is 12.4. The number of benzene rings is 1. The van der Waals surface area contributed by atoms with Crippen LogP contribution in [0.25, 0.3) is 16.2 Å². The molecule has 0 aliphatic rings. The molecule has 0 radical (unpaired) electrons. The summed E-state index contributed by atoms with van der Waals surface area (Å²) in [4.78, 5) is 18.2. The number of sulfonamides is 1. The first-order valence-electron chi connectivity index (χ1n) is 8.01. The van der Waals surface area contributed by atoms with Crippen molar-refractivity contribution < 1.29 is 8.42 Å². The monoisotopic (exact) mass is 417 g/mol. The quantitative estimate of drug-likeness (QED) is 0.546. The van der Waals surface area contributed by atoms with Gasteiger partial charge in [0.2, 0.25) is 0 Å². The number of thiophene rings is 1. The molecule has 3 heterocycles. The van der Waals surface area contributed by atoms with Crippen LogP contribution < -0.4 is 10.3 Å². The molecule has 0 atom stereocenters. The number of anilines is 1. The lowest BCUT2D eigenvalue weighted by Crippen LogP contribution is -2.14. The van der Waals surface area contributed by atoms with Gasteiger partial charge in [-0.3, -0.25) is 13.9 Å². The first kappa shape index (κ1) is 17.9. The molecule has 0 saturated heterocycles. The fraction of sp³-hybridized carbons (Fsp3) is 0.111. The highest BCUT2D eigenvalue weighted by Crippen LogP contribution is 2.27. The number of hydrogen-bond acceptors (Lipinski definition) is 6. The molecule has 6 nitrogen and oxygen atoms in total. The van der Waals surface area contributed by atoms with E-state index in [1.165, 1.54) is 28.7 Å². The summed E-state index contributed by atoms with van der Waals surface area (Å²) in [6.07, 6.45) is 0. The molecule has 1 N–H and O–H groups in total. The van der Waals surface area contributed by atoms with Crippen LogP contribution >= 0.6 is 22.7 Å². The number of nitrogens with one attached hydrogen (secondary N) is 1. The van der Waals surface area contributed by atoms with E-state index in [4.69, 9.17) is 0 Å². The van der Waals surface area contributed by atoms with Gasteiger partial charge in [0.1, 0.15) is 4.21 Å². The Morgan fingerprint density at radius 2 is 1.81 bits per heavy atom. The Morgan fingerprint density at radius 3 is 2.48 bits per heavy atom. The number of rotatable bonds is 4. The van der Waals surface area contributed by atoms with Gasteiger partial charge in [-0.1, -0.05) is 12.1 Å². The van der Waals surface area contributed by atoms with Crippen molar-refractivity contribution in [2.45, 2.75) is 18.1 Å². The number of nitrogens with zero attached hydrogens (tertiary/aromatic N) is 2. The smallest absolute Gasteiger partial charge is 0.271 e. The average Bonchev–Trinajstić information content (AvgIpc) is 3.22. The third-order valence-electron chi connectivity index (χ3n) is 3.95. The molecule has 9 heteroatoms. The van der Waals surface area contributed by atoms with Crippen molar-refractivity contribution in [3.05, 3.63) is 68.8 Å². The van der Waals surface area contributed by atoms with Crippen molar-refractivity contribution in [1.82, 2.24) is 9.38 Å². The highest BCUT2D eigenvalue weighted by Gasteiger charge is 2.16. The molecular formula is C18H15N3O3S3. The van der Waals surface area contributed by atoms with Crippen molar-refractivity contribution in [2.24, 2.45) is 0 Å². The van der Waals surface area contributed by atoms with E-state index in [0.29, 0.717) is 16.3 Å². The lowest BCUT2D eigenvalue weighted by Gasteiger charge is -2.07. The largest absolute Gasteiger partial charge is 0.279 e. The zero-order chi connectivity index (χ0) is 19.2. The van der Waals surface area contributed by atoms with Crippen LogP contribution in [0.3, 0.4) is 0 Å². The molecule has 0 spiro atoms.